The zero-order chi connectivity index (χ0) is 15.2. The first-order valence-corrected chi connectivity index (χ1v) is 6.84. The Balaban J connectivity index is 2.17. The predicted octanol–water partition coefficient (Wildman–Crippen LogP) is -0.00580. The number of nitrogen functional groups attached to an aromatic ring is 1. The molecule has 3 amide bonds. The molecule has 9 heteroatoms. The molecule has 2 rings (SSSR count). The van der Waals surface area contributed by atoms with E-state index in [1.807, 2.05) is 30.3 Å². The van der Waals surface area contributed by atoms with Gasteiger partial charge in [-0.1, -0.05) is 41.7 Å². The molecule has 0 radical (unpaired) electrons. The highest BCUT2D eigenvalue weighted by atomic mass is 32.1. The first kappa shape index (κ1) is 14.7. The van der Waals surface area contributed by atoms with Crippen LogP contribution in [0.25, 0.3) is 0 Å². The summed E-state index contributed by atoms with van der Waals surface area (Å²) in [5, 5.41) is 13.6. The minimum atomic E-state index is -0.762. The summed E-state index contributed by atoms with van der Waals surface area (Å²) in [5.41, 5.74) is 11.3. The second kappa shape index (κ2) is 6.66. The van der Waals surface area contributed by atoms with Gasteiger partial charge < -0.3 is 22.1 Å². The smallest absolute Gasteiger partial charge is 0.312 e. The van der Waals surface area contributed by atoms with Crippen molar-refractivity contribution >= 4 is 28.4 Å². The summed E-state index contributed by atoms with van der Waals surface area (Å²) in [4.78, 5) is 22.5. The monoisotopic (exact) mass is 306 g/mol. The van der Waals surface area contributed by atoms with Gasteiger partial charge in [0.15, 0.2) is 0 Å². The van der Waals surface area contributed by atoms with Crippen LogP contribution >= 0.6 is 11.3 Å². The maximum Gasteiger partial charge on any atom is 0.312 e. The molecule has 0 saturated carbocycles. The number of hydrogen-bond donors (Lipinski definition) is 4. The number of aromatic nitrogens is 2. The van der Waals surface area contributed by atoms with Crippen LogP contribution in [0.5, 0.6) is 0 Å². The number of primary amides is 1. The highest BCUT2D eigenvalue weighted by Crippen LogP contribution is 2.25. The Morgan fingerprint density at radius 1 is 1.24 bits per heavy atom. The molecule has 21 heavy (non-hydrogen) atoms. The van der Waals surface area contributed by atoms with E-state index < -0.39 is 18.0 Å². The number of nitrogens with one attached hydrogen (secondary N) is 2. The fourth-order valence-corrected chi connectivity index (χ4v) is 2.37. The first-order chi connectivity index (χ1) is 10.1. The van der Waals surface area contributed by atoms with Gasteiger partial charge in [-0.05, 0) is 5.56 Å². The lowest BCUT2D eigenvalue weighted by molar-refractivity contribution is -0.120. The molecule has 0 unspecified atom stereocenters. The van der Waals surface area contributed by atoms with Crippen LogP contribution in [0.15, 0.2) is 30.3 Å². The summed E-state index contributed by atoms with van der Waals surface area (Å²) in [7, 11) is 0. The lowest BCUT2D eigenvalue weighted by Crippen LogP contribution is -2.40. The van der Waals surface area contributed by atoms with E-state index in [0.717, 1.165) is 5.56 Å². The van der Waals surface area contributed by atoms with Crippen LogP contribution < -0.4 is 22.1 Å². The Hall–Kier alpha value is -2.68. The minimum absolute atomic E-state index is 0.215. The Bertz CT molecular complexity index is 630. The average molecular weight is 306 g/mol. The van der Waals surface area contributed by atoms with Crippen LogP contribution in [-0.2, 0) is 4.79 Å². The van der Waals surface area contributed by atoms with Gasteiger partial charge in [0, 0.05) is 0 Å². The van der Waals surface area contributed by atoms with Crippen LogP contribution in [-0.4, -0.2) is 28.7 Å². The lowest BCUT2D eigenvalue weighted by atomic mass is 10.1. The molecule has 0 spiro atoms. The molecule has 1 aromatic heterocycles. The Kier molecular flexibility index (Phi) is 4.67. The number of nitrogens with two attached hydrogens (primary N) is 2. The van der Waals surface area contributed by atoms with E-state index in [9.17, 15) is 9.59 Å². The van der Waals surface area contributed by atoms with Crippen LogP contribution in [0, 0.1) is 0 Å². The predicted molar refractivity (Wildman–Crippen MR) is 78.3 cm³/mol. The molecule has 6 N–H and O–H groups in total. The zero-order valence-electron chi connectivity index (χ0n) is 10.9. The summed E-state index contributed by atoms with van der Waals surface area (Å²) in [6.07, 6.45) is 0. The third-order valence-corrected chi connectivity index (χ3v) is 3.38. The molecular weight excluding hydrogens is 292 g/mol. The Morgan fingerprint density at radius 3 is 2.52 bits per heavy atom. The van der Waals surface area contributed by atoms with Crippen molar-refractivity contribution in [3.63, 3.8) is 0 Å². The van der Waals surface area contributed by atoms with Crippen molar-refractivity contribution in [3.8, 4) is 0 Å². The van der Waals surface area contributed by atoms with Gasteiger partial charge >= 0.3 is 6.03 Å². The van der Waals surface area contributed by atoms with Crippen LogP contribution in [0.1, 0.15) is 16.6 Å². The number of carbonyl (C=O) groups is 2. The van der Waals surface area contributed by atoms with Gasteiger partial charge in [0.2, 0.25) is 11.0 Å². The van der Waals surface area contributed by atoms with Gasteiger partial charge in [-0.25, -0.2) is 4.79 Å². The van der Waals surface area contributed by atoms with Gasteiger partial charge in [0.1, 0.15) is 11.0 Å². The second-order valence-electron chi connectivity index (χ2n) is 4.11. The topological polar surface area (TPSA) is 136 Å². The van der Waals surface area contributed by atoms with Crippen molar-refractivity contribution in [2.24, 2.45) is 5.73 Å². The molecule has 0 aliphatic rings. The highest BCUT2D eigenvalue weighted by molar-refractivity contribution is 7.15. The summed E-state index contributed by atoms with van der Waals surface area (Å²) in [6, 6.07) is 8.02. The molecule has 0 aliphatic carbocycles. The fourth-order valence-electron chi connectivity index (χ4n) is 1.68. The highest BCUT2D eigenvalue weighted by Gasteiger charge is 2.20. The number of carbonyl (C=O) groups excluding carboxylic acids is 2. The summed E-state index contributed by atoms with van der Waals surface area (Å²) in [5.74, 6) is -0.392. The van der Waals surface area contributed by atoms with Crippen molar-refractivity contribution in [2.75, 3.05) is 12.3 Å². The number of benzene rings is 1. The summed E-state index contributed by atoms with van der Waals surface area (Å²) >= 11 is 1.19. The van der Waals surface area contributed by atoms with E-state index in [1.165, 1.54) is 11.3 Å². The molecule has 0 saturated heterocycles. The number of urea groups is 1. The zero-order valence-corrected chi connectivity index (χ0v) is 11.8. The molecule has 1 aromatic carbocycles. The quantitative estimate of drug-likeness (QED) is 0.616. The molecule has 1 heterocycles. The van der Waals surface area contributed by atoms with Gasteiger partial charge in [-0.15, -0.1) is 10.2 Å². The Morgan fingerprint density at radius 2 is 1.95 bits per heavy atom. The van der Waals surface area contributed by atoms with E-state index in [-0.39, 0.29) is 6.54 Å². The van der Waals surface area contributed by atoms with Gasteiger partial charge in [-0.2, -0.15) is 0 Å². The maximum atomic E-state index is 11.9. The van der Waals surface area contributed by atoms with Crippen molar-refractivity contribution in [2.45, 2.75) is 6.04 Å². The third-order valence-electron chi connectivity index (χ3n) is 2.56. The number of amides is 3. The van der Waals surface area contributed by atoms with Crippen molar-refractivity contribution < 1.29 is 9.59 Å². The van der Waals surface area contributed by atoms with Gasteiger partial charge in [0.05, 0.1) is 6.54 Å². The van der Waals surface area contributed by atoms with Crippen molar-refractivity contribution in [1.82, 2.24) is 20.8 Å². The summed E-state index contributed by atoms with van der Waals surface area (Å²) < 4.78 is 0. The number of nitrogens with zero attached hydrogens (tertiary/aromatic N) is 2. The van der Waals surface area contributed by atoms with Crippen molar-refractivity contribution in [1.29, 1.82) is 0 Å². The van der Waals surface area contributed by atoms with E-state index in [2.05, 4.69) is 20.8 Å². The fraction of sp³-hybridized carbons (Fsp3) is 0.167. The molecule has 0 aliphatic heterocycles. The largest absolute Gasteiger partial charge is 0.374 e. The maximum absolute atomic E-state index is 11.9. The molecular formula is C12H14N6O2S. The lowest BCUT2D eigenvalue weighted by Gasteiger charge is -2.16. The molecule has 0 bridgehead atoms. The van der Waals surface area contributed by atoms with Crippen LogP contribution in [0.4, 0.5) is 9.93 Å². The normalized spacial score (nSPS) is 11.6. The molecule has 110 valence electrons. The number of hydrogen-bond acceptors (Lipinski definition) is 6. The summed E-state index contributed by atoms with van der Waals surface area (Å²) in [6.45, 7) is -0.215. The average Bonchev–Trinajstić information content (AvgIpc) is 2.90. The van der Waals surface area contributed by atoms with E-state index in [4.69, 9.17) is 11.5 Å². The minimum Gasteiger partial charge on any atom is -0.374 e. The van der Waals surface area contributed by atoms with E-state index in [1.54, 1.807) is 0 Å². The number of anilines is 1. The van der Waals surface area contributed by atoms with Crippen molar-refractivity contribution in [3.05, 3.63) is 40.9 Å². The first-order valence-electron chi connectivity index (χ1n) is 6.02. The SMILES string of the molecule is NC(=O)NCC(=O)N[C@H](c1ccccc1)c1nnc(N)s1. The molecule has 2 aromatic rings. The Labute approximate surface area is 124 Å². The van der Waals surface area contributed by atoms with E-state index in [0.29, 0.717) is 10.1 Å². The van der Waals surface area contributed by atoms with E-state index >= 15 is 0 Å². The van der Waals surface area contributed by atoms with Gasteiger partial charge in [0.25, 0.3) is 0 Å². The van der Waals surface area contributed by atoms with Crippen LogP contribution in [0.3, 0.4) is 0 Å². The third kappa shape index (κ3) is 4.14. The molecule has 1 atom stereocenters. The molecule has 0 fully saturated rings. The number of rotatable bonds is 5. The second-order valence-corrected chi connectivity index (χ2v) is 5.15. The molecule has 8 nitrogen and oxygen atoms in total. The van der Waals surface area contributed by atoms with Gasteiger partial charge in [-0.3, -0.25) is 4.79 Å². The standard InChI is InChI=1S/C12H14N6O2S/c13-11(20)15-6-8(19)16-9(7-4-2-1-3-5-7)10-17-18-12(14)21-10/h1-5,9H,6H2,(H2,14,18)(H,16,19)(H3,13,15,20)/t9-/m1/s1. The van der Waals surface area contributed by atoms with Crippen LogP contribution in [0.2, 0.25) is 0 Å².